The Kier molecular flexibility index (Phi) is 5.30. The predicted molar refractivity (Wildman–Crippen MR) is 89.1 cm³/mol. The summed E-state index contributed by atoms with van der Waals surface area (Å²) in [4.78, 5) is 11.9. The number of aromatic hydroxyl groups is 3. The minimum Gasteiger partial charge on any atom is -0.504 e. The third-order valence-electron chi connectivity index (χ3n) is 3.36. The van der Waals surface area contributed by atoms with Crippen LogP contribution in [0.4, 0.5) is 16.2 Å². The fourth-order valence-corrected chi connectivity index (χ4v) is 2.11. The van der Waals surface area contributed by atoms with Gasteiger partial charge in [-0.1, -0.05) is 25.5 Å². The molecule has 0 saturated heterocycles. The van der Waals surface area contributed by atoms with Gasteiger partial charge in [0.25, 0.3) is 0 Å². The molecule has 2 aromatic rings. The number of unbranched alkanes of at least 4 members (excludes halogenated alkanes) is 1. The predicted octanol–water partition coefficient (Wildman–Crippen LogP) is 3.79. The number of carbonyl (C=O) groups is 1. The number of phenols is 3. The molecule has 0 aliphatic rings. The van der Waals surface area contributed by atoms with E-state index in [0.717, 1.165) is 31.4 Å². The van der Waals surface area contributed by atoms with E-state index in [9.17, 15) is 20.1 Å². The summed E-state index contributed by atoms with van der Waals surface area (Å²) in [5.74, 6) is -1.65. The molecule has 0 aliphatic heterocycles. The molecule has 122 valence electrons. The molecule has 0 aliphatic carbocycles. The smallest absolute Gasteiger partial charge is 0.323 e. The van der Waals surface area contributed by atoms with Crippen LogP contribution in [0.25, 0.3) is 0 Å². The molecule has 5 N–H and O–H groups in total. The van der Waals surface area contributed by atoms with Gasteiger partial charge in [-0.15, -0.1) is 0 Å². The first-order chi connectivity index (χ1) is 11.0. The second-order valence-electron chi connectivity index (χ2n) is 5.24. The van der Waals surface area contributed by atoms with Gasteiger partial charge in [0.1, 0.15) is 0 Å². The Morgan fingerprint density at radius 1 is 0.957 bits per heavy atom. The lowest BCUT2D eigenvalue weighted by Crippen LogP contribution is -2.19. The fourth-order valence-electron chi connectivity index (χ4n) is 2.11. The van der Waals surface area contributed by atoms with Crippen molar-refractivity contribution in [3.05, 3.63) is 42.0 Å². The normalized spacial score (nSPS) is 10.3. The van der Waals surface area contributed by atoms with Crippen LogP contribution in [0.2, 0.25) is 0 Å². The van der Waals surface area contributed by atoms with Gasteiger partial charge in [0.15, 0.2) is 17.2 Å². The van der Waals surface area contributed by atoms with E-state index in [1.165, 1.54) is 5.56 Å². The average Bonchev–Trinajstić information content (AvgIpc) is 2.51. The summed E-state index contributed by atoms with van der Waals surface area (Å²) in [6.45, 7) is 2.14. The molecule has 2 rings (SSSR count). The molecule has 0 saturated carbocycles. The van der Waals surface area contributed by atoms with Gasteiger partial charge >= 0.3 is 6.03 Å². The van der Waals surface area contributed by atoms with E-state index in [-0.39, 0.29) is 5.69 Å². The van der Waals surface area contributed by atoms with Gasteiger partial charge in [-0.3, -0.25) is 0 Å². The molecule has 6 heteroatoms. The molecule has 23 heavy (non-hydrogen) atoms. The molecule has 0 fully saturated rings. The highest BCUT2D eigenvalue weighted by Gasteiger charge is 2.10. The van der Waals surface area contributed by atoms with Gasteiger partial charge in [0, 0.05) is 17.8 Å². The molecule has 0 radical (unpaired) electrons. The molecule has 0 bridgehead atoms. The monoisotopic (exact) mass is 316 g/mol. The van der Waals surface area contributed by atoms with Gasteiger partial charge in [0.2, 0.25) is 0 Å². The lowest BCUT2D eigenvalue weighted by atomic mass is 10.1. The highest BCUT2D eigenvalue weighted by molar-refractivity contribution is 6.00. The Labute approximate surface area is 134 Å². The summed E-state index contributed by atoms with van der Waals surface area (Å²) >= 11 is 0. The van der Waals surface area contributed by atoms with E-state index in [0.29, 0.717) is 5.69 Å². The Bertz CT molecular complexity index is 660. The van der Waals surface area contributed by atoms with Crippen LogP contribution < -0.4 is 10.6 Å². The number of hydrogen-bond acceptors (Lipinski definition) is 4. The first kappa shape index (κ1) is 16.5. The topological polar surface area (TPSA) is 102 Å². The van der Waals surface area contributed by atoms with Crippen LogP contribution in [0.3, 0.4) is 0 Å². The number of hydrogen-bond donors (Lipinski definition) is 5. The van der Waals surface area contributed by atoms with Crippen molar-refractivity contribution >= 4 is 17.4 Å². The molecule has 0 atom stereocenters. The number of amides is 2. The molecular weight excluding hydrogens is 296 g/mol. The van der Waals surface area contributed by atoms with Crippen LogP contribution in [-0.2, 0) is 6.42 Å². The third kappa shape index (κ3) is 4.54. The van der Waals surface area contributed by atoms with E-state index in [1.807, 2.05) is 24.3 Å². The van der Waals surface area contributed by atoms with Crippen molar-refractivity contribution < 1.29 is 20.1 Å². The Balaban J connectivity index is 1.97. The second-order valence-corrected chi connectivity index (χ2v) is 5.24. The first-order valence-electron chi connectivity index (χ1n) is 7.41. The quantitative estimate of drug-likeness (QED) is 0.428. The van der Waals surface area contributed by atoms with Gasteiger partial charge in [-0.2, -0.15) is 0 Å². The van der Waals surface area contributed by atoms with E-state index in [1.54, 1.807) is 0 Å². The molecule has 0 heterocycles. The molecule has 0 unspecified atom stereocenters. The van der Waals surface area contributed by atoms with Gasteiger partial charge in [0.05, 0.1) is 5.69 Å². The van der Waals surface area contributed by atoms with Crippen molar-refractivity contribution in [1.29, 1.82) is 0 Å². The van der Waals surface area contributed by atoms with E-state index < -0.39 is 23.3 Å². The highest BCUT2D eigenvalue weighted by Crippen LogP contribution is 2.37. The zero-order valence-corrected chi connectivity index (χ0v) is 12.8. The third-order valence-corrected chi connectivity index (χ3v) is 3.36. The maximum atomic E-state index is 11.9. The van der Waals surface area contributed by atoms with Gasteiger partial charge < -0.3 is 26.0 Å². The van der Waals surface area contributed by atoms with Crippen LogP contribution in [-0.4, -0.2) is 21.4 Å². The van der Waals surface area contributed by atoms with Crippen molar-refractivity contribution in [2.45, 2.75) is 26.2 Å². The number of nitrogens with one attached hydrogen (secondary N) is 2. The average molecular weight is 316 g/mol. The first-order valence-corrected chi connectivity index (χ1v) is 7.41. The molecule has 0 spiro atoms. The van der Waals surface area contributed by atoms with E-state index in [2.05, 4.69) is 17.6 Å². The van der Waals surface area contributed by atoms with Gasteiger partial charge in [-0.25, -0.2) is 4.79 Å². The number of urea groups is 1. The molecular formula is C17H20N2O4. The van der Waals surface area contributed by atoms with Crippen LogP contribution in [0.1, 0.15) is 25.3 Å². The molecule has 2 amide bonds. The second kappa shape index (κ2) is 7.40. The summed E-state index contributed by atoms with van der Waals surface area (Å²) in [6.07, 6.45) is 3.27. The molecule has 2 aromatic carbocycles. The van der Waals surface area contributed by atoms with Crippen LogP contribution in [0.5, 0.6) is 17.2 Å². The number of benzene rings is 2. The standard InChI is InChI=1S/C17H20N2O4/c1-2-3-4-11-5-7-12(8-6-11)18-17(23)19-13-9-14(20)16(22)15(21)10-13/h5-10,20-22H,2-4H2,1H3,(H2,18,19,23). The van der Waals surface area contributed by atoms with E-state index >= 15 is 0 Å². The zero-order chi connectivity index (χ0) is 16.8. The van der Waals surface area contributed by atoms with Crippen molar-refractivity contribution in [2.24, 2.45) is 0 Å². The summed E-state index contributed by atoms with van der Waals surface area (Å²) < 4.78 is 0. The SMILES string of the molecule is CCCCc1ccc(NC(=O)Nc2cc(O)c(O)c(O)c2)cc1. The number of carbonyl (C=O) groups excluding carboxylic acids is 1. The lowest BCUT2D eigenvalue weighted by Gasteiger charge is -2.10. The number of rotatable bonds is 5. The summed E-state index contributed by atoms with van der Waals surface area (Å²) in [6, 6.07) is 9.32. The summed E-state index contributed by atoms with van der Waals surface area (Å²) in [7, 11) is 0. The Hall–Kier alpha value is -2.89. The fraction of sp³-hybridized carbons (Fsp3) is 0.235. The number of anilines is 2. The van der Waals surface area contributed by atoms with Crippen LogP contribution >= 0.6 is 0 Å². The van der Waals surface area contributed by atoms with Crippen molar-refractivity contribution in [2.75, 3.05) is 10.6 Å². The highest BCUT2D eigenvalue weighted by atomic mass is 16.3. The summed E-state index contributed by atoms with van der Waals surface area (Å²) in [5.41, 5.74) is 2.01. The number of aryl methyl sites for hydroxylation is 1. The van der Waals surface area contributed by atoms with Crippen molar-refractivity contribution in [1.82, 2.24) is 0 Å². The molecule has 0 aromatic heterocycles. The maximum absolute atomic E-state index is 11.9. The minimum atomic E-state index is -0.626. The Morgan fingerprint density at radius 2 is 1.52 bits per heavy atom. The largest absolute Gasteiger partial charge is 0.504 e. The molecule has 6 nitrogen and oxygen atoms in total. The zero-order valence-electron chi connectivity index (χ0n) is 12.8. The Morgan fingerprint density at radius 3 is 2.09 bits per heavy atom. The van der Waals surface area contributed by atoms with E-state index in [4.69, 9.17) is 0 Å². The summed E-state index contributed by atoms with van der Waals surface area (Å²) in [5, 5.41) is 33.2. The van der Waals surface area contributed by atoms with Gasteiger partial charge in [-0.05, 0) is 30.5 Å². The minimum absolute atomic E-state index is 0.162. The van der Waals surface area contributed by atoms with Crippen molar-refractivity contribution in [3.8, 4) is 17.2 Å². The lowest BCUT2D eigenvalue weighted by molar-refractivity contribution is 0.262. The van der Waals surface area contributed by atoms with Crippen LogP contribution in [0, 0.1) is 0 Å². The van der Waals surface area contributed by atoms with Crippen molar-refractivity contribution in [3.63, 3.8) is 0 Å². The number of phenolic OH excluding ortho intramolecular Hbond substituents is 3. The maximum Gasteiger partial charge on any atom is 0.323 e. The van der Waals surface area contributed by atoms with Crippen LogP contribution in [0.15, 0.2) is 36.4 Å².